The Kier molecular flexibility index (Phi) is 4.29. The van der Waals surface area contributed by atoms with Gasteiger partial charge in [-0.25, -0.2) is 0 Å². The molecule has 0 radical (unpaired) electrons. The molecule has 0 aromatic heterocycles. The first kappa shape index (κ1) is 14.4. The first-order valence-corrected chi connectivity index (χ1v) is 5.94. The van der Waals surface area contributed by atoms with E-state index in [4.69, 9.17) is 11.6 Å². The van der Waals surface area contributed by atoms with Crippen molar-refractivity contribution < 1.29 is 9.72 Å². The van der Waals surface area contributed by atoms with Crippen molar-refractivity contribution in [3.63, 3.8) is 0 Å². The molecule has 0 bridgehead atoms. The number of halogens is 1. The lowest BCUT2D eigenvalue weighted by Gasteiger charge is -2.21. The molecule has 0 aliphatic heterocycles. The standard InChI is InChI=1S/C12H15ClN2O3/c1-8-9(5-4-6-10(8)15(17)18)14-11(16)12(2,3)7-13/h4-6H,7H2,1-3H3,(H,14,16). The number of nitro groups is 1. The molecular weight excluding hydrogens is 256 g/mol. The van der Waals surface area contributed by atoms with Crippen molar-refractivity contribution in [3.8, 4) is 0 Å². The lowest BCUT2D eigenvalue weighted by atomic mass is 9.95. The number of rotatable bonds is 4. The minimum Gasteiger partial charge on any atom is -0.325 e. The van der Waals surface area contributed by atoms with Gasteiger partial charge in [0.25, 0.3) is 5.69 Å². The van der Waals surface area contributed by atoms with Crippen LogP contribution < -0.4 is 5.32 Å². The fourth-order valence-corrected chi connectivity index (χ4v) is 1.43. The molecule has 0 aliphatic carbocycles. The van der Waals surface area contributed by atoms with Gasteiger partial charge in [0.05, 0.1) is 21.6 Å². The predicted molar refractivity (Wildman–Crippen MR) is 71.0 cm³/mol. The second-order valence-corrected chi connectivity index (χ2v) is 4.95. The van der Waals surface area contributed by atoms with Crippen LogP contribution in [-0.4, -0.2) is 16.7 Å². The highest BCUT2D eigenvalue weighted by Gasteiger charge is 2.27. The number of benzene rings is 1. The van der Waals surface area contributed by atoms with Crippen molar-refractivity contribution in [1.82, 2.24) is 0 Å². The molecule has 18 heavy (non-hydrogen) atoms. The van der Waals surface area contributed by atoms with Crippen LogP contribution in [0.25, 0.3) is 0 Å². The molecule has 0 aliphatic rings. The summed E-state index contributed by atoms with van der Waals surface area (Å²) in [5.74, 6) is -0.0895. The van der Waals surface area contributed by atoms with Crippen molar-refractivity contribution in [2.45, 2.75) is 20.8 Å². The van der Waals surface area contributed by atoms with Gasteiger partial charge < -0.3 is 5.32 Å². The number of nitrogens with one attached hydrogen (secondary N) is 1. The molecule has 0 saturated heterocycles. The quantitative estimate of drug-likeness (QED) is 0.519. The van der Waals surface area contributed by atoms with Crippen molar-refractivity contribution in [3.05, 3.63) is 33.9 Å². The Labute approximate surface area is 110 Å². The largest absolute Gasteiger partial charge is 0.325 e. The summed E-state index contributed by atoms with van der Waals surface area (Å²) in [6.45, 7) is 5.02. The summed E-state index contributed by atoms with van der Waals surface area (Å²) >= 11 is 5.71. The third kappa shape index (κ3) is 2.98. The van der Waals surface area contributed by atoms with Gasteiger partial charge in [0.1, 0.15) is 0 Å². The van der Waals surface area contributed by atoms with E-state index in [-0.39, 0.29) is 17.5 Å². The number of amides is 1. The molecule has 0 saturated carbocycles. The zero-order chi connectivity index (χ0) is 13.9. The fraction of sp³-hybridized carbons (Fsp3) is 0.417. The highest BCUT2D eigenvalue weighted by molar-refractivity contribution is 6.20. The summed E-state index contributed by atoms with van der Waals surface area (Å²) in [7, 11) is 0. The van der Waals surface area contributed by atoms with Crippen molar-refractivity contribution in [2.24, 2.45) is 5.41 Å². The number of alkyl halides is 1. The second kappa shape index (κ2) is 5.35. The normalized spacial score (nSPS) is 11.1. The molecule has 0 unspecified atom stereocenters. The molecule has 1 aromatic carbocycles. The first-order chi connectivity index (χ1) is 8.29. The van der Waals surface area contributed by atoms with Crippen LogP contribution in [0.15, 0.2) is 18.2 Å². The highest BCUT2D eigenvalue weighted by atomic mass is 35.5. The van der Waals surface area contributed by atoms with Gasteiger partial charge in [0, 0.05) is 11.9 Å². The molecule has 1 aromatic rings. The number of nitro benzene ring substituents is 1. The molecular formula is C12H15ClN2O3. The smallest absolute Gasteiger partial charge is 0.274 e. The Hall–Kier alpha value is -1.62. The molecule has 1 amide bonds. The van der Waals surface area contributed by atoms with Gasteiger partial charge in [-0.15, -0.1) is 11.6 Å². The zero-order valence-corrected chi connectivity index (χ0v) is 11.2. The maximum atomic E-state index is 11.9. The van der Waals surface area contributed by atoms with E-state index >= 15 is 0 Å². The minimum atomic E-state index is -0.724. The molecule has 98 valence electrons. The van der Waals surface area contributed by atoms with E-state index in [0.29, 0.717) is 11.3 Å². The summed E-state index contributed by atoms with van der Waals surface area (Å²) in [5.41, 5.74) is 0.128. The van der Waals surface area contributed by atoms with Gasteiger partial charge in [-0.05, 0) is 26.8 Å². The van der Waals surface area contributed by atoms with Gasteiger partial charge in [-0.3, -0.25) is 14.9 Å². The number of carbonyl (C=O) groups is 1. The number of anilines is 1. The predicted octanol–water partition coefficient (Wildman–Crippen LogP) is 3.11. The number of hydrogen-bond donors (Lipinski definition) is 1. The summed E-state index contributed by atoms with van der Waals surface area (Å²) in [6.07, 6.45) is 0. The Morgan fingerprint density at radius 1 is 1.50 bits per heavy atom. The first-order valence-electron chi connectivity index (χ1n) is 5.41. The van der Waals surface area contributed by atoms with Gasteiger partial charge >= 0.3 is 0 Å². The monoisotopic (exact) mass is 270 g/mol. The fourth-order valence-electron chi connectivity index (χ4n) is 1.31. The highest BCUT2D eigenvalue weighted by Crippen LogP contribution is 2.27. The van der Waals surface area contributed by atoms with E-state index in [9.17, 15) is 14.9 Å². The molecule has 0 atom stereocenters. The lowest BCUT2D eigenvalue weighted by Crippen LogP contribution is -2.32. The van der Waals surface area contributed by atoms with Crippen LogP contribution in [0.2, 0.25) is 0 Å². The van der Waals surface area contributed by atoms with Crippen LogP contribution in [0, 0.1) is 22.5 Å². The maximum Gasteiger partial charge on any atom is 0.274 e. The maximum absolute atomic E-state index is 11.9. The van der Waals surface area contributed by atoms with Crippen LogP contribution in [0.3, 0.4) is 0 Å². The van der Waals surface area contributed by atoms with Gasteiger partial charge in [-0.2, -0.15) is 0 Å². The van der Waals surface area contributed by atoms with E-state index in [1.165, 1.54) is 12.1 Å². The molecule has 0 fully saturated rings. The van der Waals surface area contributed by atoms with Crippen molar-refractivity contribution in [2.75, 3.05) is 11.2 Å². The van der Waals surface area contributed by atoms with E-state index in [0.717, 1.165) is 0 Å². The Morgan fingerprint density at radius 2 is 2.11 bits per heavy atom. The number of hydrogen-bond acceptors (Lipinski definition) is 3. The van der Waals surface area contributed by atoms with Crippen molar-refractivity contribution in [1.29, 1.82) is 0 Å². The van der Waals surface area contributed by atoms with Gasteiger partial charge in [0.15, 0.2) is 0 Å². The average Bonchev–Trinajstić information content (AvgIpc) is 2.31. The van der Waals surface area contributed by atoms with E-state index in [1.807, 2.05) is 0 Å². The molecule has 1 rings (SSSR count). The van der Waals surface area contributed by atoms with Crippen LogP contribution in [0.4, 0.5) is 11.4 Å². The average molecular weight is 271 g/mol. The van der Waals surface area contributed by atoms with Crippen LogP contribution in [-0.2, 0) is 4.79 Å². The van der Waals surface area contributed by atoms with E-state index in [1.54, 1.807) is 26.8 Å². The SMILES string of the molecule is Cc1c(NC(=O)C(C)(C)CCl)cccc1[N+](=O)[O-]. The molecule has 0 heterocycles. The second-order valence-electron chi connectivity index (χ2n) is 4.68. The van der Waals surface area contributed by atoms with E-state index < -0.39 is 10.3 Å². The molecule has 1 N–H and O–H groups in total. The third-order valence-electron chi connectivity index (χ3n) is 2.70. The summed E-state index contributed by atoms with van der Waals surface area (Å²) in [6, 6.07) is 4.57. The minimum absolute atomic E-state index is 0.0171. The topological polar surface area (TPSA) is 72.2 Å². The number of carbonyl (C=O) groups excluding carboxylic acids is 1. The zero-order valence-electron chi connectivity index (χ0n) is 10.5. The summed E-state index contributed by atoms with van der Waals surface area (Å²) < 4.78 is 0. The van der Waals surface area contributed by atoms with Crippen LogP contribution in [0.1, 0.15) is 19.4 Å². The third-order valence-corrected chi connectivity index (χ3v) is 3.37. The Balaban J connectivity index is 3.03. The Bertz CT molecular complexity index is 486. The molecule has 0 spiro atoms. The Morgan fingerprint density at radius 3 is 2.61 bits per heavy atom. The van der Waals surface area contributed by atoms with Crippen molar-refractivity contribution >= 4 is 28.9 Å². The van der Waals surface area contributed by atoms with Gasteiger partial charge in [0.2, 0.25) is 5.91 Å². The molecule has 5 nitrogen and oxygen atoms in total. The number of nitrogens with zero attached hydrogens (tertiary/aromatic N) is 1. The van der Waals surface area contributed by atoms with Crippen LogP contribution >= 0.6 is 11.6 Å². The van der Waals surface area contributed by atoms with E-state index in [2.05, 4.69) is 5.32 Å². The summed E-state index contributed by atoms with van der Waals surface area (Å²) in [4.78, 5) is 22.2. The molecule has 6 heteroatoms. The lowest BCUT2D eigenvalue weighted by molar-refractivity contribution is -0.385. The van der Waals surface area contributed by atoms with Gasteiger partial charge in [-0.1, -0.05) is 6.07 Å². The van der Waals surface area contributed by atoms with Crippen LogP contribution in [0.5, 0.6) is 0 Å². The summed E-state index contributed by atoms with van der Waals surface area (Å²) in [5, 5.41) is 13.5.